The number of fused-ring (bicyclic) bond motifs is 1. The van der Waals surface area contributed by atoms with E-state index in [4.69, 9.17) is 14.2 Å². The first-order valence-electron chi connectivity index (χ1n) is 11.8. The van der Waals surface area contributed by atoms with Gasteiger partial charge in [-0.15, -0.1) is 21.5 Å². The maximum atomic E-state index is 12.9. The molecule has 0 aliphatic carbocycles. The van der Waals surface area contributed by atoms with Crippen LogP contribution >= 0.6 is 11.3 Å². The van der Waals surface area contributed by atoms with Crippen molar-refractivity contribution in [3.8, 4) is 28.6 Å². The topological polar surface area (TPSA) is 100 Å². The molecule has 2 aromatic heterocycles. The van der Waals surface area contributed by atoms with Crippen LogP contribution in [0.5, 0.6) is 17.2 Å². The summed E-state index contributed by atoms with van der Waals surface area (Å²) in [6.07, 6.45) is 4.70. The molecule has 10 heteroatoms. The number of benzene rings is 2. The number of aryl methyl sites for hydroxylation is 1. The standard InChI is InChI=1S/C26H27N5O4S/c1-17(16-33-2)34-21-13-19(25(32)28-26-27-10-12-36-26)14-22(15-21)35-20-8-6-18(7-9-20)24-30-29-23-5-3-4-11-31(23)24/h6-10,12-15,17H,3-5,11,16H2,1-2H3,(H,27,28,32)/t17-/m0/s1. The summed E-state index contributed by atoms with van der Waals surface area (Å²) < 4.78 is 19.5. The van der Waals surface area contributed by atoms with Crippen LogP contribution in [0.3, 0.4) is 0 Å². The Hall–Kier alpha value is -3.76. The normalized spacial score (nSPS) is 13.6. The Kier molecular flexibility index (Phi) is 7.24. The van der Waals surface area contributed by atoms with Crippen molar-refractivity contribution >= 4 is 22.4 Å². The van der Waals surface area contributed by atoms with E-state index >= 15 is 0 Å². The molecule has 2 aromatic carbocycles. The first-order valence-corrected chi connectivity index (χ1v) is 12.7. The molecule has 3 heterocycles. The molecule has 0 radical (unpaired) electrons. The molecular weight excluding hydrogens is 478 g/mol. The highest BCUT2D eigenvalue weighted by atomic mass is 32.1. The molecule has 186 valence electrons. The van der Waals surface area contributed by atoms with Crippen LogP contribution in [0.1, 0.15) is 35.9 Å². The second-order valence-electron chi connectivity index (χ2n) is 8.54. The molecule has 1 amide bonds. The van der Waals surface area contributed by atoms with E-state index in [1.54, 1.807) is 36.9 Å². The first-order chi connectivity index (χ1) is 17.6. The number of methoxy groups -OCH3 is 1. The van der Waals surface area contributed by atoms with Gasteiger partial charge in [-0.2, -0.15) is 0 Å². The Balaban J connectivity index is 1.37. The van der Waals surface area contributed by atoms with Crippen molar-refractivity contribution < 1.29 is 19.0 Å². The summed E-state index contributed by atoms with van der Waals surface area (Å²) in [7, 11) is 1.62. The molecule has 1 aliphatic rings. The van der Waals surface area contributed by atoms with Gasteiger partial charge in [-0.05, 0) is 56.2 Å². The third-order valence-corrected chi connectivity index (χ3v) is 6.43. The molecular formula is C26H27N5O4S. The Labute approximate surface area is 213 Å². The molecule has 0 fully saturated rings. The number of carbonyl (C=O) groups is 1. The Bertz CT molecular complexity index is 1320. The monoisotopic (exact) mass is 505 g/mol. The smallest absolute Gasteiger partial charge is 0.257 e. The molecule has 36 heavy (non-hydrogen) atoms. The largest absolute Gasteiger partial charge is 0.488 e. The number of hydrogen-bond donors (Lipinski definition) is 1. The number of nitrogens with one attached hydrogen (secondary N) is 1. The third kappa shape index (κ3) is 5.55. The average molecular weight is 506 g/mol. The maximum absolute atomic E-state index is 12.9. The SMILES string of the molecule is COC[C@H](C)Oc1cc(Oc2ccc(-c3nnc4n3CCCC4)cc2)cc(C(=O)Nc2nccs2)c1. The fourth-order valence-corrected chi connectivity index (χ4v) is 4.64. The van der Waals surface area contributed by atoms with Crippen molar-refractivity contribution in [1.82, 2.24) is 19.7 Å². The van der Waals surface area contributed by atoms with E-state index in [1.165, 1.54) is 11.3 Å². The van der Waals surface area contributed by atoms with Gasteiger partial charge in [-0.1, -0.05) is 0 Å². The van der Waals surface area contributed by atoms with E-state index in [-0.39, 0.29) is 12.0 Å². The summed E-state index contributed by atoms with van der Waals surface area (Å²) in [5.41, 5.74) is 1.38. The number of ether oxygens (including phenoxy) is 3. The summed E-state index contributed by atoms with van der Waals surface area (Å²) in [5.74, 6) is 3.23. The van der Waals surface area contributed by atoms with Crippen LogP contribution in [0, 0.1) is 0 Å². The van der Waals surface area contributed by atoms with Gasteiger partial charge in [0, 0.05) is 48.8 Å². The molecule has 0 saturated carbocycles. The van der Waals surface area contributed by atoms with Crippen molar-refractivity contribution in [1.29, 1.82) is 0 Å². The summed E-state index contributed by atoms with van der Waals surface area (Å²) in [4.78, 5) is 17.0. The minimum Gasteiger partial charge on any atom is -0.488 e. The van der Waals surface area contributed by atoms with Gasteiger partial charge < -0.3 is 18.8 Å². The van der Waals surface area contributed by atoms with Crippen molar-refractivity contribution in [2.45, 2.75) is 38.8 Å². The zero-order valence-electron chi connectivity index (χ0n) is 20.1. The van der Waals surface area contributed by atoms with Gasteiger partial charge in [-0.3, -0.25) is 10.1 Å². The molecule has 5 rings (SSSR count). The number of aromatic nitrogens is 4. The summed E-state index contributed by atoms with van der Waals surface area (Å²) in [6, 6.07) is 12.8. The minimum absolute atomic E-state index is 0.200. The third-order valence-electron chi connectivity index (χ3n) is 5.74. The summed E-state index contributed by atoms with van der Waals surface area (Å²) >= 11 is 1.35. The lowest BCUT2D eigenvalue weighted by molar-refractivity contribution is 0.0916. The van der Waals surface area contributed by atoms with E-state index in [1.807, 2.05) is 31.2 Å². The number of rotatable bonds is 9. The van der Waals surface area contributed by atoms with Gasteiger partial charge in [0.05, 0.1) is 6.61 Å². The summed E-state index contributed by atoms with van der Waals surface area (Å²) in [5, 5.41) is 13.9. The number of anilines is 1. The zero-order chi connectivity index (χ0) is 24.9. The van der Waals surface area contributed by atoms with Gasteiger partial charge in [0.1, 0.15) is 29.2 Å². The van der Waals surface area contributed by atoms with E-state index in [0.717, 1.165) is 43.0 Å². The lowest BCUT2D eigenvalue weighted by Gasteiger charge is -2.16. The molecule has 1 aliphatic heterocycles. The van der Waals surface area contributed by atoms with Crippen LogP contribution < -0.4 is 14.8 Å². The highest BCUT2D eigenvalue weighted by Crippen LogP contribution is 2.31. The molecule has 0 saturated heterocycles. The lowest BCUT2D eigenvalue weighted by atomic mass is 10.1. The number of hydrogen-bond acceptors (Lipinski definition) is 8. The van der Waals surface area contributed by atoms with Gasteiger partial charge in [0.15, 0.2) is 11.0 Å². The highest BCUT2D eigenvalue weighted by Gasteiger charge is 2.17. The van der Waals surface area contributed by atoms with E-state index in [0.29, 0.717) is 34.6 Å². The van der Waals surface area contributed by atoms with E-state index in [9.17, 15) is 4.79 Å². The van der Waals surface area contributed by atoms with Crippen LogP contribution in [0.15, 0.2) is 54.0 Å². The van der Waals surface area contributed by atoms with Crippen LogP contribution in [0.2, 0.25) is 0 Å². The van der Waals surface area contributed by atoms with Crippen molar-refractivity contribution in [3.05, 3.63) is 65.4 Å². The predicted octanol–water partition coefficient (Wildman–Crippen LogP) is 5.20. The summed E-state index contributed by atoms with van der Waals surface area (Å²) in [6.45, 7) is 3.25. The quantitative estimate of drug-likeness (QED) is 0.334. The number of amides is 1. The number of nitrogens with zero attached hydrogens (tertiary/aromatic N) is 4. The molecule has 4 aromatic rings. The van der Waals surface area contributed by atoms with Crippen LogP contribution in [-0.2, 0) is 17.7 Å². The van der Waals surface area contributed by atoms with Crippen molar-refractivity contribution in [2.24, 2.45) is 0 Å². The highest BCUT2D eigenvalue weighted by molar-refractivity contribution is 7.13. The number of carbonyl (C=O) groups excluding carboxylic acids is 1. The van der Waals surface area contributed by atoms with Gasteiger partial charge in [0.2, 0.25) is 0 Å². The fraction of sp³-hybridized carbons (Fsp3) is 0.308. The van der Waals surface area contributed by atoms with Gasteiger partial charge >= 0.3 is 0 Å². The van der Waals surface area contributed by atoms with Gasteiger partial charge in [-0.25, -0.2) is 4.98 Å². The lowest BCUT2D eigenvalue weighted by Crippen LogP contribution is -2.18. The maximum Gasteiger partial charge on any atom is 0.257 e. The first kappa shape index (κ1) is 24.0. The zero-order valence-corrected chi connectivity index (χ0v) is 21.0. The van der Waals surface area contributed by atoms with Crippen LogP contribution in [-0.4, -0.2) is 45.5 Å². The Morgan fingerprint density at radius 3 is 2.72 bits per heavy atom. The second-order valence-corrected chi connectivity index (χ2v) is 9.44. The predicted molar refractivity (Wildman–Crippen MR) is 137 cm³/mol. The molecule has 0 spiro atoms. The Morgan fingerprint density at radius 2 is 1.94 bits per heavy atom. The molecule has 0 unspecified atom stereocenters. The fourth-order valence-electron chi connectivity index (χ4n) is 4.12. The average Bonchev–Trinajstić information content (AvgIpc) is 3.54. The Morgan fingerprint density at radius 1 is 1.11 bits per heavy atom. The molecule has 1 N–H and O–H groups in total. The molecule has 1 atom stereocenters. The van der Waals surface area contributed by atoms with E-state index < -0.39 is 0 Å². The molecule has 0 bridgehead atoms. The van der Waals surface area contributed by atoms with E-state index in [2.05, 4.69) is 25.1 Å². The van der Waals surface area contributed by atoms with Crippen LogP contribution in [0.4, 0.5) is 5.13 Å². The second kappa shape index (κ2) is 10.9. The molecule has 9 nitrogen and oxygen atoms in total. The van der Waals surface area contributed by atoms with Gasteiger partial charge in [0.25, 0.3) is 5.91 Å². The van der Waals surface area contributed by atoms with Crippen molar-refractivity contribution in [3.63, 3.8) is 0 Å². The number of thiazole rings is 1. The van der Waals surface area contributed by atoms with Crippen LogP contribution in [0.25, 0.3) is 11.4 Å². The minimum atomic E-state index is -0.299. The van der Waals surface area contributed by atoms with Crippen molar-refractivity contribution in [2.75, 3.05) is 19.0 Å².